The topological polar surface area (TPSA) is 47.9 Å². The van der Waals surface area contributed by atoms with Crippen molar-refractivity contribution in [3.8, 4) is 0 Å². The van der Waals surface area contributed by atoms with Crippen LogP contribution >= 0.6 is 0 Å². The van der Waals surface area contributed by atoms with Gasteiger partial charge in [0.15, 0.2) is 6.29 Å². The van der Waals surface area contributed by atoms with E-state index in [9.17, 15) is 5.11 Å². The lowest BCUT2D eigenvalue weighted by atomic mass is 9.87. The highest BCUT2D eigenvalue weighted by molar-refractivity contribution is 5.14. The summed E-state index contributed by atoms with van der Waals surface area (Å²) in [7, 11) is 0. The zero-order chi connectivity index (χ0) is 19.1. The summed E-state index contributed by atoms with van der Waals surface area (Å²) in [5.74, 6) is 0. The number of hydrogen-bond donors (Lipinski definition) is 1. The molecular formula is C23H28O4. The van der Waals surface area contributed by atoms with Crippen LogP contribution < -0.4 is 0 Å². The first-order valence-electron chi connectivity index (χ1n) is 9.38. The van der Waals surface area contributed by atoms with Crippen LogP contribution in [0.4, 0.5) is 0 Å². The second kappa shape index (κ2) is 9.29. The van der Waals surface area contributed by atoms with Crippen LogP contribution in [0.15, 0.2) is 73.3 Å². The van der Waals surface area contributed by atoms with E-state index >= 15 is 0 Å². The summed E-state index contributed by atoms with van der Waals surface area (Å²) in [5.41, 5.74) is 1.53. The Balaban J connectivity index is 1.66. The molecule has 4 heteroatoms. The second-order valence-corrected chi connectivity index (χ2v) is 7.17. The van der Waals surface area contributed by atoms with Crippen molar-refractivity contribution in [2.24, 2.45) is 0 Å². The van der Waals surface area contributed by atoms with E-state index in [2.05, 4.69) is 6.58 Å². The summed E-state index contributed by atoms with van der Waals surface area (Å²) in [6.07, 6.45) is 1.32. The molecule has 0 amide bonds. The van der Waals surface area contributed by atoms with E-state index in [0.29, 0.717) is 26.1 Å². The third-order valence-electron chi connectivity index (χ3n) is 4.99. The summed E-state index contributed by atoms with van der Waals surface area (Å²) >= 11 is 0. The molecule has 1 aliphatic heterocycles. The molecule has 1 heterocycles. The van der Waals surface area contributed by atoms with Crippen LogP contribution in [-0.4, -0.2) is 29.2 Å². The SMILES string of the molecule is C=CC[C@@]1(C)OC(O)[C@H](OCc2ccccc2)C[C@@H]1OCc1ccccc1. The van der Waals surface area contributed by atoms with Gasteiger partial charge in [0.2, 0.25) is 0 Å². The average Bonchev–Trinajstić information content (AvgIpc) is 2.68. The maximum absolute atomic E-state index is 10.5. The van der Waals surface area contributed by atoms with Crippen molar-refractivity contribution in [2.75, 3.05) is 0 Å². The summed E-state index contributed by atoms with van der Waals surface area (Å²) in [4.78, 5) is 0. The molecule has 0 radical (unpaired) electrons. The van der Waals surface area contributed by atoms with Crippen LogP contribution in [0.3, 0.4) is 0 Å². The Labute approximate surface area is 161 Å². The Bertz CT molecular complexity index is 703. The smallest absolute Gasteiger partial charge is 0.181 e. The fraction of sp³-hybridized carbons (Fsp3) is 0.391. The van der Waals surface area contributed by atoms with Gasteiger partial charge >= 0.3 is 0 Å². The summed E-state index contributed by atoms with van der Waals surface area (Å²) in [5, 5.41) is 10.5. The predicted molar refractivity (Wildman–Crippen MR) is 105 cm³/mol. The fourth-order valence-electron chi connectivity index (χ4n) is 3.41. The molecule has 3 rings (SSSR count). The molecule has 0 saturated carbocycles. The Morgan fingerprint density at radius 1 is 1.04 bits per heavy atom. The lowest BCUT2D eigenvalue weighted by molar-refractivity contribution is -0.300. The Kier molecular flexibility index (Phi) is 6.80. The van der Waals surface area contributed by atoms with Gasteiger partial charge in [-0.3, -0.25) is 0 Å². The summed E-state index contributed by atoms with van der Waals surface area (Å²) < 4.78 is 18.1. The number of rotatable bonds is 8. The molecule has 0 aliphatic carbocycles. The van der Waals surface area contributed by atoms with E-state index in [0.717, 1.165) is 11.1 Å². The highest BCUT2D eigenvalue weighted by Gasteiger charge is 2.46. The minimum absolute atomic E-state index is 0.208. The Morgan fingerprint density at radius 3 is 2.15 bits per heavy atom. The van der Waals surface area contributed by atoms with Gasteiger partial charge in [0, 0.05) is 6.42 Å². The van der Waals surface area contributed by atoms with Crippen LogP contribution in [0, 0.1) is 0 Å². The van der Waals surface area contributed by atoms with E-state index in [4.69, 9.17) is 14.2 Å². The van der Waals surface area contributed by atoms with Gasteiger partial charge in [0.1, 0.15) is 6.10 Å². The molecule has 1 N–H and O–H groups in total. The highest BCUT2D eigenvalue weighted by Crippen LogP contribution is 2.35. The maximum Gasteiger partial charge on any atom is 0.181 e. The molecule has 0 bridgehead atoms. The van der Waals surface area contributed by atoms with E-state index < -0.39 is 18.0 Å². The van der Waals surface area contributed by atoms with Crippen LogP contribution in [0.5, 0.6) is 0 Å². The Hall–Kier alpha value is -1.98. The summed E-state index contributed by atoms with van der Waals surface area (Å²) in [6.45, 7) is 6.70. The molecule has 2 aromatic carbocycles. The van der Waals surface area contributed by atoms with Crippen molar-refractivity contribution in [3.05, 3.63) is 84.4 Å². The van der Waals surface area contributed by atoms with Gasteiger partial charge < -0.3 is 19.3 Å². The summed E-state index contributed by atoms with van der Waals surface area (Å²) in [6, 6.07) is 20.0. The molecule has 0 aromatic heterocycles. The van der Waals surface area contributed by atoms with Gasteiger partial charge in [-0.1, -0.05) is 66.7 Å². The first-order chi connectivity index (χ1) is 13.1. The third kappa shape index (κ3) is 5.27. The van der Waals surface area contributed by atoms with Gasteiger partial charge in [0.25, 0.3) is 0 Å². The zero-order valence-electron chi connectivity index (χ0n) is 15.8. The van der Waals surface area contributed by atoms with E-state index in [-0.39, 0.29) is 6.10 Å². The van der Waals surface area contributed by atoms with Crippen molar-refractivity contribution in [2.45, 2.75) is 57.1 Å². The quantitative estimate of drug-likeness (QED) is 0.709. The molecule has 1 aliphatic rings. The molecule has 0 spiro atoms. The zero-order valence-corrected chi connectivity index (χ0v) is 15.8. The van der Waals surface area contributed by atoms with Gasteiger partial charge in [-0.05, 0) is 24.5 Å². The van der Waals surface area contributed by atoms with Crippen molar-refractivity contribution >= 4 is 0 Å². The van der Waals surface area contributed by atoms with Crippen LogP contribution in [-0.2, 0) is 27.4 Å². The first kappa shape index (κ1) is 19.8. The predicted octanol–water partition coefficient (Wildman–Crippen LogP) is 4.23. The number of ether oxygens (including phenoxy) is 3. The normalized spacial score (nSPS) is 28.0. The number of hydrogen-bond acceptors (Lipinski definition) is 4. The number of aliphatic hydroxyl groups is 1. The van der Waals surface area contributed by atoms with Crippen molar-refractivity contribution in [1.82, 2.24) is 0 Å². The number of benzene rings is 2. The molecule has 4 nitrogen and oxygen atoms in total. The molecule has 144 valence electrons. The van der Waals surface area contributed by atoms with Crippen LogP contribution in [0.25, 0.3) is 0 Å². The maximum atomic E-state index is 10.5. The monoisotopic (exact) mass is 368 g/mol. The molecule has 1 saturated heterocycles. The second-order valence-electron chi connectivity index (χ2n) is 7.17. The highest BCUT2D eigenvalue weighted by atomic mass is 16.7. The lowest BCUT2D eigenvalue weighted by Gasteiger charge is -2.45. The standard InChI is InChI=1S/C23H28O4/c1-3-14-23(2)21(26-17-19-12-8-5-9-13-19)15-20(22(24)27-23)25-16-18-10-6-4-7-11-18/h3-13,20-22,24H,1,14-17H2,2H3/t20-,21+,22?,23-/m1/s1. The van der Waals surface area contributed by atoms with E-state index in [1.807, 2.05) is 67.6 Å². The largest absolute Gasteiger partial charge is 0.370 e. The van der Waals surface area contributed by atoms with Gasteiger partial charge in [0.05, 0.1) is 24.9 Å². The molecular weight excluding hydrogens is 340 g/mol. The van der Waals surface area contributed by atoms with Crippen LogP contribution in [0.2, 0.25) is 0 Å². The molecule has 2 aromatic rings. The molecule has 1 fully saturated rings. The first-order valence-corrected chi connectivity index (χ1v) is 9.38. The fourth-order valence-corrected chi connectivity index (χ4v) is 3.41. The molecule has 4 atom stereocenters. The lowest BCUT2D eigenvalue weighted by Crippen LogP contribution is -2.56. The van der Waals surface area contributed by atoms with Gasteiger partial charge in [-0.15, -0.1) is 6.58 Å². The third-order valence-corrected chi connectivity index (χ3v) is 4.99. The van der Waals surface area contributed by atoms with Crippen molar-refractivity contribution < 1.29 is 19.3 Å². The minimum atomic E-state index is -0.991. The molecule has 27 heavy (non-hydrogen) atoms. The minimum Gasteiger partial charge on any atom is -0.370 e. The van der Waals surface area contributed by atoms with Crippen molar-refractivity contribution in [3.63, 3.8) is 0 Å². The van der Waals surface area contributed by atoms with E-state index in [1.54, 1.807) is 6.08 Å². The average molecular weight is 368 g/mol. The van der Waals surface area contributed by atoms with Crippen molar-refractivity contribution in [1.29, 1.82) is 0 Å². The van der Waals surface area contributed by atoms with Gasteiger partial charge in [-0.25, -0.2) is 0 Å². The van der Waals surface area contributed by atoms with Crippen LogP contribution in [0.1, 0.15) is 30.9 Å². The Morgan fingerprint density at radius 2 is 1.59 bits per heavy atom. The van der Waals surface area contributed by atoms with E-state index in [1.165, 1.54) is 0 Å². The number of aliphatic hydroxyl groups excluding tert-OH is 1. The molecule has 1 unspecified atom stereocenters. The van der Waals surface area contributed by atoms with Gasteiger partial charge in [-0.2, -0.15) is 0 Å².